The lowest BCUT2D eigenvalue weighted by Crippen LogP contribution is -2.03. The van der Waals surface area contributed by atoms with Gasteiger partial charge >= 0.3 is 0 Å². The molecule has 3 rings (SSSR count). The Balaban J connectivity index is 2.06. The molecular weight excluding hydrogens is 194 g/mol. The quantitative estimate of drug-likeness (QED) is 0.693. The normalized spacial score (nSPS) is 14.0. The molecule has 0 radical (unpaired) electrons. The van der Waals surface area contributed by atoms with E-state index in [-0.39, 0.29) is 0 Å². The second kappa shape index (κ2) is 4.01. The van der Waals surface area contributed by atoms with Crippen molar-refractivity contribution in [3.8, 4) is 0 Å². The SMILES string of the molecule is c1ccc2c(c1)CCCc1ccccc1N2. The van der Waals surface area contributed by atoms with Crippen molar-refractivity contribution in [2.45, 2.75) is 19.3 Å². The zero-order chi connectivity index (χ0) is 10.8. The van der Waals surface area contributed by atoms with E-state index >= 15 is 0 Å². The fourth-order valence-electron chi connectivity index (χ4n) is 2.33. The maximum Gasteiger partial charge on any atom is 0.0416 e. The van der Waals surface area contributed by atoms with Gasteiger partial charge in [0.05, 0.1) is 0 Å². The molecule has 0 fully saturated rings. The first-order valence-corrected chi connectivity index (χ1v) is 5.86. The van der Waals surface area contributed by atoms with E-state index < -0.39 is 0 Å². The van der Waals surface area contributed by atoms with Crippen molar-refractivity contribution in [2.75, 3.05) is 5.32 Å². The van der Waals surface area contributed by atoms with Gasteiger partial charge in [-0.25, -0.2) is 0 Å². The number of para-hydroxylation sites is 2. The van der Waals surface area contributed by atoms with E-state index in [4.69, 9.17) is 0 Å². The lowest BCUT2D eigenvalue weighted by atomic mass is 9.98. The summed E-state index contributed by atoms with van der Waals surface area (Å²) in [6.45, 7) is 0. The Labute approximate surface area is 96.1 Å². The summed E-state index contributed by atoms with van der Waals surface area (Å²) >= 11 is 0. The van der Waals surface area contributed by atoms with Gasteiger partial charge in [0.2, 0.25) is 0 Å². The molecule has 0 aromatic heterocycles. The van der Waals surface area contributed by atoms with Crippen LogP contribution in [0.3, 0.4) is 0 Å². The molecular formula is C15H15N. The minimum atomic E-state index is 1.16. The minimum absolute atomic E-state index is 1.16. The molecule has 2 aromatic carbocycles. The van der Waals surface area contributed by atoms with Gasteiger partial charge in [0.15, 0.2) is 0 Å². The Morgan fingerprint density at radius 1 is 0.688 bits per heavy atom. The van der Waals surface area contributed by atoms with Crippen LogP contribution in [-0.2, 0) is 12.8 Å². The molecule has 0 amide bonds. The topological polar surface area (TPSA) is 12.0 Å². The largest absolute Gasteiger partial charge is 0.355 e. The molecule has 1 heteroatoms. The Morgan fingerprint density at radius 3 is 1.75 bits per heavy atom. The van der Waals surface area contributed by atoms with Crippen LogP contribution in [0.5, 0.6) is 0 Å². The van der Waals surface area contributed by atoms with E-state index in [9.17, 15) is 0 Å². The van der Waals surface area contributed by atoms with E-state index in [1.165, 1.54) is 28.9 Å². The highest BCUT2D eigenvalue weighted by molar-refractivity contribution is 5.66. The van der Waals surface area contributed by atoms with Crippen LogP contribution in [0.15, 0.2) is 48.5 Å². The molecule has 1 heterocycles. The van der Waals surface area contributed by atoms with Crippen LogP contribution in [-0.4, -0.2) is 0 Å². The highest BCUT2D eigenvalue weighted by Crippen LogP contribution is 2.28. The van der Waals surface area contributed by atoms with Crippen LogP contribution in [0, 0.1) is 0 Å². The van der Waals surface area contributed by atoms with Crippen molar-refractivity contribution in [3.63, 3.8) is 0 Å². The van der Waals surface area contributed by atoms with Crippen LogP contribution >= 0.6 is 0 Å². The Kier molecular flexibility index (Phi) is 2.37. The summed E-state index contributed by atoms with van der Waals surface area (Å²) in [6.07, 6.45) is 3.56. The summed E-state index contributed by atoms with van der Waals surface area (Å²) in [5, 5.41) is 3.54. The Bertz CT molecular complexity index is 457. The average Bonchev–Trinajstić information content (AvgIpc) is 2.29. The summed E-state index contributed by atoms with van der Waals surface area (Å²) in [6, 6.07) is 17.2. The number of hydrogen-bond acceptors (Lipinski definition) is 1. The molecule has 0 bridgehead atoms. The summed E-state index contributed by atoms with van der Waals surface area (Å²) in [4.78, 5) is 0. The fraction of sp³-hybridized carbons (Fsp3) is 0.200. The van der Waals surface area contributed by atoms with Crippen LogP contribution in [0.2, 0.25) is 0 Å². The zero-order valence-corrected chi connectivity index (χ0v) is 9.24. The number of anilines is 2. The van der Waals surface area contributed by atoms with Gasteiger partial charge in [-0.15, -0.1) is 0 Å². The summed E-state index contributed by atoms with van der Waals surface area (Å²) in [5.74, 6) is 0. The monoisotopic (exact) mass is 209 g/mol. The van der Waals surface area contributed by atoms with Gasteiger partial charge in [-0.05, 0) is 42.5 Å². The first-order valence-electron chi connectivity index (χ1n) is 5.86. The molecule has 0 saturated carbocycles. The summed E-state index contributed by atoms with van der Waals surface area (Å²) in [5.41, 5.74) is 5.37. The molecule has 2 aromatic rings. The minimum Gasteiger partial charge on any atom is -0.355 e. The van der Waals surface area contributed by atoms with Gasteiger partial charge < -0.3 is 5.32 Å². The summed E-state index contributed by atoms with van der Waals surface area (Å²) < 4.78 is 0. The van der Waals surface area contributed by atoms with E-state index in [1.54, 1.807) is 0 Å². The molecule has 1 nitrogen and oxygen atoms in total. The third kappa shape index (κ3) is 1.69. The second-order valence-electron chi connectivity index (χ2n) is 4.29. The van der Waals surface area contributed by atoms with Crippen LogP contribution in [0.25, 0.3) is 0 Å². The van der Waals surface area contributed by atoms with Crippen molar-refractivity contribution >= 4 is 11.4 Å². The maximum atomic E-state index is 3.54. The molecule has 1 aliphatic heterocycles. The van der Waals surface area contributed by atoms with Gasteiger partial charge in [-0.3, -0.25) is 0 Å². The highest BCUT2D eigenvalue weighted by atomic mass is 14.9. The van der Waals surface area contributed by atoms with Crippen molar-refractivity contribution in [3.05, 3.63) is 59.7 Å². The molecule has 0 atom stereocenters. The number of aryl methyl sites for hydroxylation is 2. The predicted octanol–water partition coefficient (Wildman–Crippen LogP) is 3.92. The maximum absolute atomic E-state index is 3.54. The van der Waals surface area contributed by atoms with E-state index in [0.717, 1.165) is 12.8 Å². The van der Waals surface area contributed by atoms with Gasteiger partial charge in [0.1, 0.15) is 0 Å². The molecule has 16 heavy (non-hydrogen) atoms. The Morgan fingerprint density at radius 2 is 1.19 bits per heavy atom. The van der Waals surface area contributed by atoms with Crippen LogP contribution in [0.4, 0.5) is 11.4 Å². The Hall–Kier alpha value is -1.76. The molecule has 0 saturated heterocycles. The number of benzene rings is 2. The molecule has 0 unspecified atom stereocenters. The smallest absolute Gasteiger partial charge is 0.0416 e. The lowest BCUT2D eigenvalue weighted by molar-refractivity contribution is 0.817. The fourth-order valence-corrected chi connectivity index (χ4v) is 2.33. The van der Waals surface area contributed by atoms with Crippen molar-refractivity contribution < 1.29 is 0 Å². The third-order valence-electron chi connectivity index (χ3n) is 3.20. The second-order valence-corrected chi connectivity index (χ2v) is 4.29. The van der Waals surface area contributed by atoms with Crippen LogP contribution in [0.1, 0.15) is 17.5 Å². The number of fused-ring (bicyclic) bond motifs is 2. The van der Waals surface area contributed by atoms with Crippen molar-refractivity contribution in [1.82, 2.24) is 0 Å². The van der Waals surface area contributed by atoms with Crippen LogP contribution < -0.4 is 5.32 Å². The molecule has 1 N–H and O–H groups in total. The molecule has 0 spiro atoms. The predicted molar refractivity (Wildman–Crippen MR) is 68.2 cm³/mol. The third-order valence-corrected chi connectivity index (χ3v) is 3.20. The molecule has 1 aliphatic rings. The van der Waals surface area contributed by atoms with Gasteiger partial charge in [0, 0.05) is 11.4 Å². The van der Waals surface area contributed by atoms with E-state index in [2.05, 4.69) is 53.8 Å². The number of rotatable bonds is 0. The van der Waals surface area contributed by atoms with Gasteiger partial charge in [0.25, 0.3) is 0 Å². The van der Waals surface area contributed by atoms with Crippen molar-refractivity contribution in [2.24, 2.45) is 0 Å². The first kappa shape index (κ1) is 9.46. The van der Waals surface area contributed by atoms with Crippen molar-refractivity contribution in [1.29, 1.82) is 0 Å². The van der Waals surface area contributed by atoms with E-state index in [0.29, 0.717) is 0 Å². The first-order chi connectivity index (χ1) is 7.93. The van der Waals surface area contributed by atoms with Gasteiger partial charge in [-0.1, -0.05) is 36.4 Å². The lowest BCUT2D eigenvalue weighted by Gasteiger charge is -2.18. The standard InChI is InChI=1S/C15H15N/c1-3-10-14-12(6-1)8-5-9-13-7-2-4-11-15(13)16-14/h1-4,6-7,10-11,16H,5,8-9H2. The molecule has 0 aliphatic carbocycles. The zero-order valence-electron chi connectivity index (χ0n) is 9.24. The van der Waals surface area contributed by atoms with Gasteiger partial charge in [-0.2, -0.15) is 0 Å². The van der Waals surface area contributed by atoms with E-state index in [1.807, 2.05) is 0 Å². The summed E-state index contributed by atoms with van der Waals surface area (Å²) in [7, 11) is 0. The molecule has 80 valence electrons. The highest BCUT2D eigenvalue weighted by Gasteiger charge is 2.09. The number of hydrogen-bond donors (Lipinski definition) is 1. The average molecular weight is 209 g/mol. The number of nitrogens with one attached hydrogen (secondary N) is 1.